The van der Waals surface area contributed by atoms with Crippen LogP contribution in [-0.4, -0.2) is 75.9 Å². The minimum atomic E-state index is -2.01. The summed E-state index contributed by atoms with van der Waals surface area (Å²) >= 11 is 16.9. The average molecular weight is 939 g/mol. The smallest absolute Gasteiger partial charge is 0.338 e. The Morgan fingerprint density at radius 2 is 1.11 bits per heavy atom. The van der Waals surface area contributed by atoms with Crippen molar-refractivity contribution in [1.29, 1.82) is 5.41 Å². The van der Waals surface area contributed by atoms with Gasteiger partial charge in [-0.2, -0.15) is 0 Å². The van der Waals surface area contributed by atoms with Crippen LogP contribution >= 0.6 is 34.8 Å². The Morgan fingerprint density at radius 1 is 0.698 bits per heavy atom. The number of benzene rings is 2. The number of carbonyl (C=O) groups excluding carboxylic acids is 2. The van der Waals surface area contributed by atoms with E-state index in [0.29, 0.717) is 23.5 Å². The van der Waals surface area contributed by atoms with Crippen LogP contribution in [0.5, 0.6) is 0 Å². The van der Waals surface area contributed by atoms with Gasteiger partial charge in [-0.3, -0.25) is 5.41 Å². The third-order valence-corrected chi connectivity index (χ3v) is 11.6. The molecule has 0 amide bonds. The van der Waals surface area contributed by atoms with E-state index in [1.165, 1.54) is 38.5 Å². The molecule has 10 atom stereocenters. The maximum Gasteiger partial charge on any atom is 0.338 e. The molecule has 0 bridgehead atoms. The predicted molar refractivity (Wildman–Crippen MR) is 255 cm³/mol. The maximum absolute atomic E-state index is 12.5. The molecule has 0 aromatic heterocycles. The number of esters is 2. The molecule has 0 aliphatic carbocycles. The molecule has 63 heavy (non-hydrogen) atoms. The van der Waals surface area contributed by atoms with E-state index in [4.69, 9.17) is 73.7 Å². The number of ether oxygens (including phenoxy) is 6. The minimum absolute atomic E-state index is 0.0722. The van der Waals surface area contributed by atoms with E-state index in [-0.39, 0.29) is 42.4 Å². The second-order valence-electron chi connectivity index (χ2n) is 16.8. The van der Waals surface area contributed by atoms with Crippen LogP contribution in [0.1, 0.15) is 152 Å². The van der Waals surface area contributed by atoms with E-state index < -0.39 is 34.3 Å². The summed E-state index contributed by atoms with van der Waals surface area (Å²) < 4.78 is 32.5. The maximum atomic E-state index is 12.5. The van der Waals surface area contributed by atoms with Gasteiger partial charge in [-0.05, 0) is 115 Å². The van der Waals surface area contributed by atoms with Gasteiger partial charge in [0.2, 0.25) is 12.2 Å². The number of rotatable bonds is 21. The molecule has 10 nitrogen and oxygen atoms in total. The monoisotopic (exact) mass is 937 g/mol. The molecule has 2 aromatic carbocycles. The van der Waals surface area contributed by atoms with E-state index in [2.05, 4.69) is 33.9 Å². The first-order chi connectivity index (χ1) is 30.0. The number of hydrogen-bond acceptors (Lipinski definition) is 10. The highest BCUT2D eigenvalue weighted by atomic mass is 35.6. The Labute approximate surface area is 392 Å². The fraction of sp³-hybridized carbons (Fsp3) is 0.620. The number of halogens is 3. The molecule has 2 heterocycles. The summed E-state index contributed by atoms with van der Waals surface area (Å²) in [5.41, 5.74) is 0.971. The van der Waals surface area contributed by atoms with Crippen LogP contribution in [-0.2, 0) is 28.4 Å². The van der Waals surface area contributed by atoms with E-state index in [9.17, 15) is 9.59 Å². The number of allylic oxidation sites excluding steroid dienone is 2. The zero-order valence-corrected chi connectivity index (χ0v) is 40.6. The highest BCUT2D eigenvalue weighted by Crippen LogP contribution is 2.33. The van der Waals surface area contributed by atoms with Gasteiger partial charge in [-0.25, -0.2) is 9.59 Å². The predicted octanol–water partition coefficient (Wildman–Crippen LogP) is 13.2. The van der Waals surface area contributed by atoms with Gasteiger partial charge in [-0.1, -0.05) is 136 Å². The lowest BCUT2D eigenvalue weighted by Crippen LogP contribution is -2.47. The average Bonchev–Trinajstić information content (AvgIpc) is 3.24. The fourth-order valence-electron chi connectivity index (χ4n) is 6.83. The Bertz CT molecular complexity index is 1590. The van der Waals surface area contributed by atoms with Crippen LogP contribution in [0, 0.1) is 17.2 Å². The summed E-state index contributed by atoms with van der Waals surface area (Å²) in [6, 6.07) is 17.7. The van der Waals surface area contributed by atoms with E-state index >= 15 is 0 Å². The summed E-state index contributed by atoms with van der Waals surface area (Å²) in [4.78, 5) is 24.8. The summed E-state index contributed by atoms with van der Waals surface area (Å²) in [6.45, 7) is 19.4. The third-order valence-electron chi connectivity index (χ3n) is 11.1. The molecule has 4 rings (SSSR count). The van der Waals surface area contributed by atoms with Gasteiger partial charge in [0.25, 0.3) is 3.79 Å². The highest BCUT2D eigenvalue weighted by Gasteiger charge is 2.42. The number of aliphatic hydroxyl groups is 1. The van der Waals surface area contributed by atoms with Crippen molar-refractivity contribution in [3.8, 4) is 0 Å². The SMILES string of the molecule is C=CCCCCCC[C@H](C)O.C=CCCCCCC[C@H](C)O[C@@H]1OC(C)[C@H](C)CC1OC(=O)c1ccccc1.CC1O[C@@H](OC(=N)C(Cl)(Cl)Cl)C(OC(=O)c2ccccc2)C[C@H]1C. The van der Waals surface area contributed by atoms with Gasteiger partial charge in [0.15, 0.2) is 18.5 Å². The van der Waals surface area contributed by atoms with Crippen molar-refractivity contribution in [2.75, 3.05) is 0 Å². The van der Waals surface area contributed by atoms with Crippen molar-refractivity contribution in [2.24, 2.45) is 11.8 Å². The number of unbranched alkanes of at least 4 members (excludes halogenated alkanes) is 8. The summed E-state index contributed by atoms with van der Waals surface area (Å²) in [7, 11) is 0. The molecular formula is C50H74Cl3NO9. The van der Waals surface area contributed by atoms with Gasteiger partial charge < -0.3 is 33.5 Å². The molecule has 13 heteroatoms. The zero-order valence-electron chi connectivity index (χ0n) is 38.4. The Kier molecular flexibility index (Phi) is 27.7. The summed E-state index contributed by atoms with van der Waals surface area (Å²) in [5, 5.41) is 16.6. The van der Waals surface area contributed by atoms with Crippen molar-refractivity contribution in [2.45, 2.75) is 184 Å². The summed E-state index contributed by atoms with van der Waals surface area (Å²) in [6.07, 6.45) is 16.4. The molecular weight excluding hydrogens is 865 g/mol. The van der Waals surface area contributed by atoms with Crippen molar-refractivity contribution in [3.63, 3.8) is 0 Å². The molecule has 0 spiro atoms. The normalized spacial score (nSPS) is 24.2. The van der Waals surface area contributed by atoms with Gasteiger partial charge in [0.1, 0.15) is 0 Å². The first kappa shape index (κ1) is 56.2. The highest BCUT2D eigenvalue weighted by molar-refractivity contribution is 6.76. The van der Waals surface area contributed by atoms with Gasteiger partial charge in [-0.15, -0.1) is 13.2 Å². The minimum Gasteiger partial charge on any atom is -0.453 e. The molecule has 2 fully saturated rings. The number of hydrogen-bond donors (Lipinski definition) is 2. The van der Waals surface area contributed by atoms with Crippen LogP contribution < -0.4 is 0 Å². The summed E-state index contributed by atoms with van der Waals surface area (Å²) in [5.74, 6) is -0.951. The molecule has 2 aliphatic rings. The Morgan fingerprint density at radius 3 is 1.54 bits per heavy atom. The van der Waals surface area contributed by atoms with Crippen molar-refractivity contribution >= 4 is 52.6 Å². The molecule has 0 saturated carbocycles. The van der Waals surface area contributed by atoms with Gasteiger partial charge in [0, 0.05) is 0 Å². The van der Waals surface area contributed by atoms with E-state index in [1.54, 1.807) is 42.5 Å². The molecule has 2 aromatic rings. The first-order valence-electron chi connectivity index (χ1n) is 22.7. The van der Waals surface area contributed by atoms with Gasteiger partial charge in [0.05, 0.1) is 35.5 Å². The lowest BCUT2D eigenvalue weighted by atomic mass is 9.95. The van der Waals surface area contributed by atoms with Crippen LogP contribution in [0.25, 0.3) is 0 Å². The Hall–Kier alpha value is -2.96. The molecule has 2 N–H and O–H groups in total. The van der Waals surface area contributed by atoms with Crippen molar-refractivity contribution < 1.29 is 43.1 Å². The Balaban J connectivity index is 0.000000355. The van der Waals surface area contributed by atoms with Crippen LogP contribution in [0.4, 0.5) is 0 Å². The second-order valence-corrected chi connectivity index (χ2v) is 19.0. The molecule has 0 radical (unpaired) electrons. The standard InChI is InChI=1S/C24H36O4.C16H18Cl3NO4.C10H20O/c1-5-6-7-8-9-11-14-19(3)26-24-22(17-18(2)20(4)27-24)28-23(25)21-15-12-10-13-16-21;1-9-8-12(23-13(21)11-6-4-3-5-7-11)14(22-10(9)2)24-15(20)16(17,18)19;1-3-4-5-6-7-8-9-10(2)11/h5,10,12-13,15-16,18-20,22,24H,1,6-9,11,14,17H2,2-4H3;3-7,9-10,12,14,20H,8H2,1-2H3;3,10-11H,1,4-9H2,2H3/t18-,19+,20?,22?,24-;9-,10?,12?,14+;10-/m110/s1. The van der Waals surface area contributed by atoms with Crippen molar-refractivity contribution in [1.82, 2.24) is 0 Å². The third kappa shape index (κ3) is 23.2. The second kappa shape index (κ2) is 31.0. The van der Waals surface area contributed by atoms with Gasteiger partial charge >= 0.3 is 11.9 Å². The first-order valence-corrected chi connectivity index (χ1v) is 23.8. The number of alkyl halides is 3. The molecule has 4 unspecified atom stereocenters. The van der Waals surface area contributed by atoms with E-state index in [0.717, 1.165) is 44.9 Å². The van der Waals surface area contributed by atoms with E-state index in [1.807, 2.05) is 51.1 Å². The lowest BCUT2D eigenvalue weighted by molar-refractivity contribution is -0.263. The zero-order chi connectivity index (χ0) is 46.8. The fourth-order valence-corrected chi connectivity index (χ4v) is 6.96. The largest absolute Gasteiger partial charge is 0.453 e. The number of carbonyl (C=O) groups is 2. The van der Waals surface area contributed by atoms with Crippen LogP contribution in [0.3, 0.4) is 0 Å². The van der Waals surface area contributed by atoms with Crippen molar-refractivity contribution in [3.05, 3.63) is 97.1 Å². The topological polar surface area (TPSA) is 134 Å². The van der Waals surface area contributed by atoms with Crippen LogP contribution in [0.2, 0.25) is 0 Å². The molecule has 354 valence electrons. The molecule has 2 aliphatic heterocycles. The van der Waals surface area contributed by atoms with Crippen LogP contribution in [0.15, 0.2) is 86.0 Å². The quantitative estimate of drug-likeness (QED) is 0.0313. The molecule has 2 saturated heterocycles. The lowest BCUT2D eigenvalue weighted by Gasteiger charge is -2.39. The number of aliphatic hydroxyl groups excluding tert-OH is 1. The number of nitrogens with one attached hydrogen (secondary N) is 1.